The van der Waals surface area contributed by atoms with Crippen LogP contribution in [0.4, 0.5) is 0 Å². The monoisotopic (exact) mass is 591 g/mol. The van der Waals surface area contributed by atoms with E-state index in [0.717, 1.165) is 27.4 Å². The number of aliphatic hydroxyl groups is 1. The number of esters is 1. The number of ether oxygens (including phenoxy) is 2. The number of aliphatic imine (C=N–C) groups is 1. The number of aryl methyl sites for hydroxylation is 2. The molecule has 0 unspecified atom stereocenters. The molecule has 0 fully saturated rings. The third-order valence-electron chi connectivity index (χ3n) is 5.65. The van der Waals surface area contributed by atoms with E-state index in [-0.39, 0.29) is 23.0 Å². The summed E-state index contributed by atoms with van der Waals surface area (Å²) in [6.45, 7) is 6.09. The molecule has 0 saturated carbocycles. The fourth-order valence-corrected chi connectivity index (χ4v) is 4.98. The van der Waals surface area contributed by atoms with Gasteiger partial charge in [-0.25, -0.2) is 9.79 Å². The summed E-state index contributed by atoms with van der Waals surface area (Å²) in [5, 5.41) is 11.1. The van der Waals surface area contributed by atoms with Crippen LogP contribution in [-0.4, -0.2) is 28.6 Å². The number of aliphatic hydroxyl groups excluding tert-OH is 1. The molecule has 6 nitrogen and oxygen atoms in total. The molecule has 0 aromatic heterocycles. The highest BCUT2D eigenvalue weighted by Gasteiger charge is 2.34. The normalized spacial score (nSPS) is 15.3. The zero-order chi connectivity index (χ0) is 27.2. The molecule has 0 atom stereocenters. The molecule has 8 heteroatoms. The lowest BCUT2D eigenvalue weighted by Gasteiger charge is -2.11. The molecule has 0 saturated heterocycles. The van der Waals surface area contributed by atoms with Crippen molar-refractivity contribution in [3.63, 3.8) is 0 Å². The molecule has 1 N–H and O–H groups in total. The van der Waals surface area contributed by atoms with E-state index >= 15 is 0 Å². The minimum Gasteiger partial charge on any atom is -0.506 e. The second-order valence-electron chi connectivity index (χ2n) is 8.60. The number of thioether (sulfide) groups is 1. The summed E-state index contributed by atoms with van der Waals surface area (Å²) in [5.41, 5.74) is 4.11. The van der Waals surface area contributed by atoms with Gasteiger partial charge in [0.2, 0.25) is 0 Å². The Hall–Kier alpha value is -3.62. The molecular weight excluding hydrogens is 566 g/mol. The first-order valence-corrected chi connectivity index (χ1v) is 13.5. The van der Waals surface area contributed by atoms with Crippen molar-refractivity contribution < 1.29 is 24.2 Å². The smallest absolute Gasteiger partial charge is 0.344 e. The van der Waals surface area contributed by atoms with Crippen LogP contribution in [0.25, 0.3) is 6.08 Å². The van der Waals surface area contributed by atoms with Crippen LogP contribution in [0.1, 0.15) is 39.5 Å². The van der Waals surface area contributed by atoms with Gasteiger partial charge in [-0.05, 0) is 62.7 Å². The van der Waals surface area contributed by atoms with Gasteiger partial charge in [0.05, 0.1) is 11.5 Å². The van der Waals surface area contributed by atoms with Gasteiger partial charge in [-0.15, -0.1) is 0 Å². The Balaban J connectivity index is 1.68. The quantitative estimate of drug-likeness (QED) is 0.289. The highest BCUT2D eigenvalue weighted by molar-refractivity contribution is 9.10. The number of hydrogen-bond acceptors (Lipinski definition) is 6. The SMILES string of the molecule is CCOC(=O)C1=C(O)/C(=C/c2cc(Br)ccc2OCc2ccc(C)cc2)SC1=NC(=O)c1ccc(C)cc1. The van der Waals surface area contributed by atoms with Crippen molar-refractivity contribution in [3.05, 3.63) is 115 Å². The zero-order valence-electron chi connectivity index (χ0n) is 21.2. The lowest BCUT2D eigenvalue weighted by molar-refractivity contribution is -0.138. The molecule has 1 heterocycles. The average Bonchev–Trinajstić information content (AvgIpc) is 3.19. The second-order valence-corrected chi connectivity index (χ2v) is 10.5. The molecule has 1 aliphatic rings. The van der Waals surface area contributed by atoms with E-state index in [1.165, 1.54) is 5.56 Å². The van der Waals surface area contributed by atoms with E-state index in [9.17, 15) is 14.7 Å². The number of amides is 1. The lowest BCUT2D eigenvalue weighted by Crippen LogP contribution is -2.14. The fourth-order valence-electron chi connectivity index (χ4n) is 3.59. The highest BCUT2D eigenvalue weighted by Crippen LogP contribution is 2.40. The van der Waals surface area contributed by atoms with Gasteiger partial charge in [-0.3, -0.25) is 4.79 Å². The third kappa shape index (κ3) is 6.62. The zero-order valence-corrected chi connectivity index (χ0v) is 23.6. The maximum atomic E-state index is 12.8. The summed E-state index contributed by atoms with van der Waals surface area (Å²) in [6.07, 6.45) is 1.70. The third-order valence-corrected chi connectivity index (χ3v) is 7.16. The number of rotatable bonds is 7. The number of halogens is 1. The number of nitrogens with zero attached hydrogens (tertiary/aromatic N) is 1. The van der Waals surface area contributed by atoms with Gasteiger partial charge in [-0.1, -0.05) is 75.2 Å². The molecule has 0 radical (unpaired) electrons. The molecule has 194 valence electrons. The second kappa shape index (κ2) is 12.3. The molecule has 1 amide bonds. The lowest BCUT2D eigenvalue weighted by atomic mass is 10.1. The van der Waals surface area contributed by atoms with E-state index in [4.69, 9.17) is 9.47 Å². The van der Waals surface area contributed by atoms with E-state index in [2.05, 4.69) is 20.9 Å². The van der Waals surface area contributed by atoms with E-state index in [0.29, 0.717) is 28.4 Å². The van der Waals surface area contributed by atoms with Crippen LogP contribution >= 0.6 is 27.7 Å². The standard InChI is InChI=1S/C30H26BrNO5S/c1-4-36-30(35)26-27(33)25(38-29(26)32-28(34)21-11-7-19(3)8-12-21)16-22-15-23(31)13-14-24(22)37-17-20-9-5-18(2)6-10-20/h5-16,33H,4,17H2,1-3H3/b25-16-,32-29?. The van der Waals surface area contributed by atoms with Gasteiger partial charge in [-0.2, -0.15) is 0 Å². The van der Waals surface area contributed by atoms with Crippen LogP contribution < -0.4 is 4.74 Å². The van der Waals surface area contributed by atoms with Crippen molar-refractivity contribution in [2.45, 2.75) is 27.4 Å². The van der Waals surface area contributed by atoms with Gasteiger partial charge < -0.3 is 14.6 Å². The Kier molecular flexibility index (Phi) is 8.86. The number of benzene rings is 3. The minimum atomic E-state index is -0.749. The highest BCUT2D eigenvalue weighted by atomic mass is 79.9. The van der Waals surface area contributed by atoms with Crippen molar-refractivity contribution in [2.24, 2.45) is 4.99 Å². The molecular formula is C30H26BrNO5S. The number of hydrogen-bond donors (Lipinski definition) is 1. The molecule has 4 rings (SSSR count). The minimum absolute atomic E-state index is 0.0786. The van der Waals surface area contributed by atoms with Crippen LogP contribution in [0, 0.1) is 13.8 Å². The van der Waals surface area contributed by atoms with Crippen molar-refractivity contribution in [2.75, 3.05) is 6.61 Å². The first-order valence-electron chi connectivity index (χ1n) is 11.9. The van der Waals surface area contributed by atoms with Gasteiger partial charge in [0, 0.05) is 15.6 Å². The molecule has 3 aromatic rings. The molecule has 1 aliphatic heterocycles. The maximum absolute atomic E-state index is 12.8. The van der Waals surface area contributed by atoms with Gasteiger partial charge in [0.15, 0.2) is 0 Å². The largest absolute Gasteiger partial charge is 0.506 e. The van der Waals surface area contributed by atoms with Crippen LogP contribution in [0.3, 0.4) is 0 Å². The van der Waals surface area contributed by atoms with E-state index < -0.39 is 11.9 Å². The predicted molar refractivity (Wildman–Crippen MR) is 154 cm³/mol. The predicted octanol–water partition coefficient (Wildman–Crippen LogP) is 7.35. The summed E-state index contributed by atoms with van der Waals surface area (Å²) in [6, 6.07) is 20.6. The fraction of sp³-hybridized carbons (Fsp3) is 0.167. The van der Waals surface area contributed by atoms with Crippen LogP contribution in [-0.2, 0) is 16.1 Å². The maximum Gasteiger partial charge on any atom is 0.344 e. The van der Waals surface area contributed by atoms with Crippen molar-refractivity contribution in [1.29, 1.82) is 0 Å². The molecule has 3 aromatic carbocycles. The van der Waals surface area contributed by atoms with E-state index in [1.54, 1.807) is 25.1 Å². The summed E-state index contributed by atoms with van der Waals surface area (Å²) >= 11 is 4.51. The first-order chi connectivity index (χ1) is 18.2. The summed E-state index contributed by atoms with van der Waals surface area (Å²) in [4.78, 5) is 30.1. The van der Waals surface area contributed by atoms with Gasteiger partial charge in [0.1, 0.15) is 28.7 Å². The summed E-state index contributed by atoms with van der Waals surface area (Å²) < 4.78 is 12.0. The Bertz CT molecular complexity index is 1460. The van der Waals surface area contributed by atoms with Crippen LogP contribution in [0.15, 0.2) is 92.4 Å². The summed E-state index contributed by atoms with van der Waals surface area (Å²) in [5.74, 6) is -0.976. The molecule has 0 spiro atoms. The molecule has 0 aliphatic carbocycles. The van der Waals surface area contributed by atoms with Gasteiger partial charge >= 0.3 is 5.97 Å². The van der Waals surface area contributed by atoms with Crippen molar-refractivity contribution in [3.8, 4) is 5.75 Å². The van der Waals surface area contributed by atoms with Gasteiger partial charge in [0.25, 0.3) is 5.91 Å². The average molecular weight is 593 g/mol. The van der Waals surface area contributed by atoms with Crippen molar-refractivity contribution in [1.82, 2.24) is 0 Å². The Labute approximate surface area is 234 Å². The topological polar surface area (TPSA) is 85.2 Å². The Morgan fingerprint density at radius 1 is 1.00 bits per heavy atom. The summed E-state index contributed by atoms with van der Waals surface area (Å²) in [7, 11) is 0. The van der Waals surface area contributed by atoms with Crippen LogP contribution in [0.2, 0.25) is 0 Å². The van der Waals surface area contributed by atoms with Crippen molar-refractivity contribution >= 4 is 50.7 Å². The molecule has 0 bridgehead atoms. The number of carbonyl (C=O) groups excluding carboxylic acids is 2. The van der Waals surface area contributed by atoms with Crippen LogP contribution in [0.5, 0.6) is 5.75 Å². The number of carbonyl (C=O) groups is 2. The molecule has 38 heavy (non-hydrogen) atoms. The first kappa shape index (κ1) is 27.4. The van der Waals surface area contributed by atoms with E-state index in [1.807, 2.05) is 68.4 Å². The Morgan fingerprint density at radius 2 is 1.66 bits per heavy atom. The Morgan fingerprint density at radius 3 is 2.32 bits per heavy atom.